The van der Waals surface area contributed by atoms with Gasteiger partial charge >= 0.3 is 0 Å². The molecule has 0 saturated carbocycles. The van der Waals surface area contributed by atoms with Crippen molar-refractivity contribution in [2.24, 2.45) is 5.41 Å². The van der Waals surface area contributed by atoms with Gasteiger partial charge in [0.2, 0.25) is 0 Å². The smallest absolute Gasteiger partial charge is 0.0735 e. The first-order chi connectivity index (χ1) is 11.4. The maximum absolute atomic E-state index is 5.56. The Morgan fingerprint density at radius 2 is 1.67 bits per heavy atom. The molecule has 0 radical (unpaired) electrons. The van der Waals surface area contributed by atoms with Gasteiger partial charge in [0.05, 0.1) is 25.9 Å². The van der Waals surface area contributed by atoms with Crippen LogP contribution in [0.15, 0.2) is 61.3 Å². The fourth-order valence-electron chi connectivity index (χ4n) is 2.75. The SMILES string of the molecule is C=CCOC(C)/C=C/C1=C(C)CCCC1(C)C.C=CCOCC=C. The van der Waals surface area contributed by atoms with Gasteiger partial charge in [0.25, 0.3) is 0 Å². The van der Waals surface area contributed by atoms with Crippen LogP contribution in [-0.2, 0) is 9.47 Å². The third-order valence-electron chi connectivity index (χ3n) is 4.02. The molecule has 0 aromatic rings. The second kappa shape index (κ2) is 13.0. The van der Waals surface area contributed by atoms with Gasteiger partial charge in [0.15, 0.2) is 0 Å². The van der Waals surface area contributed by atoms with Crippen molar-refractivity contribution >= 4 is 0 Å². The van der Waals surface area contributed by atoms with E-state index >= 15 is 0 Å². The van der Waals surface area contributed by atoms with E-state index < -0.39 is 0 Å². The number of hydrogen-bond acceptors (Lipinski definition) is 2. The lowest BCUT2D eigenvalue weighted by molar-refractivity contribution is 0.123. The number of allylic oxidation sites excluding steroid dienone is 3. The standard InChI is InChI=1S/C16H26O.C6H10O/c1-6-12-17-14(3)9-10-15-13(2)8-7-11-16(15,4)5;1-3-5-7-6-4-2/h6,9-10,14H,1,7-8,11-12H2,2-5H3;3-4H,1-2,5-6H2/b10-9+;. The van der Waals surface area contributed by atoms with E-state index in [2.05, 4.69) is 59.6 Å². The largest absolute Gasteiger partial charge is 0.373 e. The summed E-state index contributed by atoms with van der Waals surface area (Å²) in [6, 6.07) is 0. The van der Waals surface area contributed by atoms with E-state index in [9.17, 15) is 0 Å². The Bertz CT molecular complexity index is 433. The Morgan fingerprint density at radius 3 is 2.17 bits per heavy atom. The number of rotatable bonds is 9. The Balaban J connectivity index is 0.000000640. The van der Waals surface area contributed by atoms with Crippen LogP contribution in [0.25, 0.3) is 0 Å². The van der Waals surface area contributed by atoms with Gasteiger partial charge in [-0.3, -0.25) is 0 Å². The molecule has 1 aliphatic rings. The molecule has 0 bridgehead atoms. The highest BCUT2D eigenvalue weighted by molar-refractivity contribution is 5.32. The molecular weight excluding hydrogens is 296 g/mol. The second-order valence-corrected chi connectivity index (χ2v) is 6.73. The molecule has 136 valence electrons. The summed E-state index contributed by atoms with van der Waals surface area (Å²) in [5, 5.41) is 0. The van der Waals surface area contributed by atoms with Crippen LogP contribution in [0.5, 0.6) is 0 Å². The van der Waals surface area contributed by atoms with Gasteiger partial charge in [-0.05, 0) is 44.1 Å². The van der Waals surface area contributed by atoms with Crippen molar-refractivity contribution in [3.8, 4) is 0 Å². The molecule has 24 heavy (non-hydrogen) atoms. The summed E-state index contributed by atoms with van der Waals surface area (Å²) >= 11 is 0. The zero-order valence-electron chi connectivity index (χ0n) is 16.1. The number of ether oxygens (including phenoxy) is 2. The first-order valence-corrected chi connectivity index (χ1v) is 8.79. The van der Waals surface area contributed by atoms with Crippen LogP contribution >= 0.6 is 0 Å². The summed E-state index contributed by atoms with van der Waals surface area (Å²) < 4.78 is 10.5. The molecule has 1 unspecified atom stereocenters. The average Bonchev–Trinajstić information content (AvgIpc) is 2.53. The molecule has 0 saturated heterocycles. The Hall–Kier alpha value is -1.38. The molecule has 0 heterocycles. The van der Waals surface area contributed by atoms with Crippen molar-refractivity contribution in [2.75, 3.05) is 19.8 Å². The fourth-order valence-corrected chi connectivity index (χ4v) is 2.75. The van der Waals surface area contributed by atoms with Crippen LogP contribution in [0.3, 0.4) is 0 Å². The maximum Gasteiger partial charge on any atom is 0.0735 e. The van der Waals surface area contributed by atoms with E-state index in [1.165, 1.54) is 30.4 Å². The van der Waals surface area contributed by atoms with Crippen molar-refractivity contribution in [2.45, 2.75) is 53.1 Å². The molecule has 2 nitrogen and oxygen atoms in total. The van der Waals surface area contributed by atoms with Gasteiger partial charge in [-0.1, -0.05) is 49.8 Å². The lowest BCUT2D eigenvalue weighted by Gasteiger charge is -2.33. The zero-order valence-corrected chi connectivity index (χ0v) is 16.1. The minimum Gasteiger partial charge on any atom is -0.373 e. The first-order valence-electron chi connectivity index (χ1n) is 8.79. The summed E-state index contributed by atoms with van der Waals surface area (Å²) in [5.74, 6) is 0. The highest BCUT2D eigenvalue weighted by Crippen LogP contribution is 2.40. The molecule has 2 heteroatoms. The minimum atomic E-state index is 0.158. The zero-order chi connectivity index (χ0) is 18.4. The van der Waals surface area contributed by atoms with E-state index in [-0.39, 0.29) is 6.10 Å². The van der Waals surface area contributed by atoms with Crippen molar-refractivity contribution in [3.05, 3.63) is 61.3 Å². The molecule has 1 aliphatic carbocycles. The van der Waals surface area contributed by atoms with Crippen LogP contribution in [0.2, 0.25) is 0 Å². The molecule has 0 aromatic carbocycles. The van der Waals surface area contributed by atoms with Crippen LogP contribution in [-0.4, -0.2) is 25.9 Å². The highest BCUT2D eigenvalue weighted by Gasteiger charge is 2.26. The highest BCUT2D eigenvalue weighted by atomic mass is 16.5. The third kappa shape index (κ3) is 9.69. The molecule has 0 amide bonds. The summed E-state index contributed by atoms with van der Waals surface area (Å²) in [4.78, 5) is 0. The van der Waals surface area contributed by atoms with Gasteiger partial charge in [0, 0.05) is 0 Å². The lowest BCUT2D eigenvalue weighted by Crippen LogP contribution is -2.19. The monoisotopic (exact) mass is 332 g/mol. The molecule has 1 atom stereocenters. The fraction of sp³-hybridized carbons (Fsp3) is 0.545. The van der Waals surface area contributed by atoms with Gasteiger partial charge < -0.3 is 9.47 Å². The summed E-state index contributed by atoms with van der Waals surface area (Å²) in [7, 11) is 0. The Labute approximate surface area is 149 Å². The van der Waals surface area contributed by atoms with Crippen molar-refractivity contribution in [1.82, 2.24) is 0 Å². The minimum absolute atomic E-state index is 0.158. The lowest BCUT2D eigenvalue weighted by atomic mass is 9.72. The van der Waals surface area contributed by atoms with Crippen LogP contribution in [0.1, 0.15) is 47.0 Å². The van der Waals surface area contributed by atoms with Gasteiger partial charge in [-0.2, -0.15) is 0 Å². The molecule has 0 N–H and O–H groups in total. The molecule has 0 aliphatic heterocycles. The summed E-state index contributed by atoms with van der Waals surface area (Å²) in [5.41, 5.74) is 3.35. The van der Waals surface area contributed by atoms with Gasteiger partial charge in [-0.25, -0.2) is 0 Å². The first kappa shape index (κ1) is 22.6. The topological polar surface area (TPSA) is 18.5 Å². The van der Waals surface area contributed by atoms with E-state index in [0.717, 1.165) is 0 Å². The predicted molar refractivity (Wildman–Crippen MR) is 106 cm³/mol. The van der Waals surface area contributed by atoms with E-state index in [1.54, 1.807) is 18.2 Å². The van der Waals surface area contributed by atoms with Crippen LogP contribution in [0, 0.1) is 5.41 Å². The molecule has 0 spiro atoms. The normalized spacial score (nSPS) is 17.8. The average molecular weight is 333 g/mol. The van der Waals surface area contributed by atoms with Crippen molar-refractivity contribution < 1.29 is 9.47 Å². The second-order valence-electron chi connectivity index (χ2n) is 6.73. The predicted octanol–water partition coefficient (Wildman–Crippen LogP) is 6.04. The Kier molecular flexibility index (Phi) is 12.2. The van der Waals surface area contributed by atoms with Crippen LogP contribution < -0.4 is 0 Å². The molecular formula is C22H36O2. The molecule has 1 rings (SSSR count). The third-order valence-corrected chi connectivity index (χ3v) is 4.02. The maximum atomic E-state index is 5.56. The van der Waals surface area contributed by atoms with Crippen molar-refractivity contribution in [1.29, 1.82) is 0 Å². The molecule has 0 fully saturated rings. The number of hydrogen-bond donors (Lipinski definition) is 0. The quantitative estimate of drug-likeness (QED) is 0.379. The molecule has 0 aromatic heterocycles. The van der Waals surface area contributed by atoms with Crippen molar-refractivity contribution in [3.63, 3.8) is 0 Å². The van der Waals surface area contributed by atoms with Crippen LogP contribution in [0.4, 0.5) is 0 Å². The van der Waals surface area contributed by atoms with E-state index in [4.69, 9.17) is 9.47 Å². The van der Waals surface area contributed by atoms with Gasteiger partial charge in [0.1, 0.15) is 0 Å². The summed E-state index contributed by atoms with van der Waals surface area (Å²) in [6.45, 7) is 21.5. The summed E-state index contributed by atoms with van der Waals surface area (Å²) in [6.07, 6.45) is 13.6. The van der Waals surface area contributed by atoms with E-state index in [0.29, 0.717) is 25.2 Å². The van der Waals surface area contributed by atoms with Gasteiger partial charge in [-0.15, -0.1) is 19.7 Å². The van der Waals surface area contributed by atoms with E-state index in [1.807, 2.05) is 0 Å². The Morgan fingerprint density at radius 1 is 1.08 bits per heavy atom.